The second-order valence-electron chi connectivity index (χ2n) is 9.86. The molecular weight excluding hydrogens is 466 g/mol. The highest BCUT2D eigenvalue weighted by molar-refractivity contribution is 5.98. The van der Waals surface area contributed by atoms with Crippen LogP contribution in [0.2, 0.25) is 0 Å². The molecule has 2 heterocycles. The zero-order chi connectivity index (χ0) is 26.0. The van der Waals surface area contributed by atoms with E-state index in [4.69, 9.17) is 15.9 Å². The van der Waals surface area contributed by atoms with Crippen LogP contribution in [0.25, 0.3) is 22.6 Å². The maximum Gasteiger partial charge on any atom is 0.254 e. The topological polar surface area (TPSA) is 132 Å². The van der Waals surface area contributed by atoms with Crippen molar-refractivity contribution in [1.29, 1.82) is 0 Å². The zero-order valence-electron chi connectivity index (χ0n) is 20.8. The molecule has 0 aliphatic carbocycles. The van der Waals surface area contributed by atoms with Crippen LogP contribution < -0.4 is 11.5 Å². The number of rotatable bonds is 7. The number of likely N-dealkylation sites (tertiary alicyclic amines) is 1. The third-order valence-electron chi connectivity index (χ3n) is 6.88. The molecule has 1 amide bonds. The van der Waals surface area contributed by atoms with E-state index in [0.29, 0.717) is 35.7 Å². The molecule has 1 aliphatic heterocycles. The Morgan fingerprint density at radius 3 is 2.57 bits per heavy atom. The monoisotopic (exact) mass is 497 g/mol. The van der Waals surface area contributed by atoms with Crippen LogP contribution in [0.3, 0.4) is 0 Å². The van der Waals surface area contributed by atoms with E-state index >= 15 is 0 Å². The lowest BCUT2D eigenvalue weighted by Gasteiger charge is -2.23. The van der Waals surface area contributed by atoms with Crippen LogP contribution in [0.15, 0.2) is 77.2 Å². The molecule has 1 aromatic heterocycles. The smallest absolute Gasteiger partial charge is 0.254 e. The Labute approximate surface area is 215 Å². The van der Waals surface area contributed by atoms with E-state index in [1.54, 1.807) is 11.0 Å². The molecule has 5 rings (SSSR count). The molecule has 1 unspecified atom stereocenters. The molecule has 190 valence electrons. The van der Waals surface area contributed by atoms with Crippen molar-refractivity contribution in [1.82, 2.24) is 15.1 Å². The Bertz CT molecular complexity index is 1400. The lowest BCUT2D eigenvalue weighted by Crippen LogP contribution is -2.37. The van der Waals surface area contributed by atoms with E-state index < -0.39 is 5.54 Å². The molecule has 1 saturated heterocycles. The molecule has 0 spiro atoms. The van der Waals surface area contributed by atoms with Crippen LogP contribution in [0.4, 0.5) is 5.69 Å². The first kappa shape index (κ1) is 24.7. The minimum Gasteiger partial charge on any atom is -0.419 e. The Balaban J connectivity index is 1.54. The van der Waals surface area contributed by atoms with Crippen molar-refractivity contribution in [2.24, 2.45) is 5.73 Å². The van der Waals surface area contributed by atoms with Gasteiger partial charge in [-0.25, -0.2) is 0 Å². The SMILES string of the molecule is C[C@@](N)(Cc1ccccc1)c1nnc(-c2cc(C(=O)N3CCCC3CO)cc(-c3ccccc3N)c2)o1. The molecule has 0 saturated carbocycles. The number of aliphatic hydroxyl groups is 1. The van der Waals surface area contributed by atoms with Crippen LogP contribution in [0.5, 0.6) is 0 Å². The highest BCUT2D eigenvalue weighted by Gasteiger charge is 2.31. The van der Waals surface area contributed by atoms with Crippen LogP contribution in [0, 0.1) is 0 Å². The van der Waals surface area contributed by atoms with Gasteiger partial charge in [0.1, 0.15) is 0 Å². The average Bonchev–Trinajstić information content (AvgIpc) is 3.59. The van der Waals surface area contributed by atoms with Crippen molar-refractivity contribution in [3.63, 3.8) is 0 Å². The molecule has 37 heavy (non-hydrogen) atoms. The third-order valence-corrected chi connectivity index (χ3v) is 6.88. The maximum absolute atomic E-state index is 13.5. The Kier molecular flexibility index (Phi) is 6.78. The normalized spacial score (nSPS) is 17.1. The van der Waals surface area contributed by atoms with Gasteiger partial charge in [0.25, 0.3) is 5.91 Å². The summed E-state index contributed by atoms with van der Waals surface area (Å²) in [6.07, 6.45) is 2.17. The number of carbonyl (C=O) groups is 1. The summed E-state index contributed by atoms with van der Waals surface area (Å²) in [6.45, 7) is 2.40. The van der Waals surface area contributed by atoms with E-state index in [1.165, 1.54) is 0 Å². The molecule has 5 N–H and O–H groups in total. The first-order valence-corrected chi connectivity index (χ1v) is 12.4. The molecule has 2 atom stereocenters. The molecule has 1 fully saturated rings. The molecule has 0 bridgehead atoms. The number of para-hydroxylation sites is 1. The zero-order valence-corrected chi connectivity index (χ0v) is 20.8. The van der Waals surface area contributed by atoms with Gasteiger partial charge < -0.3 is 25.9 Å². The number of anilines is 1. The van der Waals surface area contributed by atoms with Gasteiger partial charge in [-0.05, 0) is 61.6 Å². The number of nitrogens with zero attached hydrogens (tertiary/aromatic N) is 3. The van der Waals surface area contributed by atoms with E-state index in [0.717, 1.165) is 29.5 Å². The summed E-state index contributed by atoms with van der Waals surface area (Å²) in [7, 11) is 0. The van der Waals surface area contributed by atoms with Crippen molar-refractivity contribution in [3.8, 4) is 22.6 Å². The lowest BCUT2D eigenvalue weighted by molar-refractivity contribution is 0.0677. The van der Waals surface area contributed by atoms with Gasteiger partial charge in [0.15, 0.2) is 0 Å². The molecule has 4 aromatic rings. The molecule has 3 aromatic carbocycles. The van der Waals surface area contributed by atoms with Crippen molar-refractivity contribution in [2.75, 3.05) is 18.9 Å². The summed E-state index contributed by atoms with van der Waals surface area (Å²) >= 11 is 0. The third kappa shape index (κ3) is 5.12. The van der Waals surface area contributed by atoms with E-state index in [2.05, 4.69) is 10.2 Å². The van der Waals surface area contributed by atoms with Gasteiger partial charge in [-0.15, -0.1) is 10.2 Å². The summed E-state index contributed by atoms with van der Waals surface area (Å²) in [5.74, 6) is 0.427. The summed E-state index contributed by atoms with van der Waals surface area (Å²) in [4.78, 5) is 15.3. The fourth-order valence-corrected chi connectivity index (χ4v) is 4.91. The first-order valence-electron chi connectivity index (χ1n) is 12.4. The number of hydrogen-bond donors (Lipinski definition) is 3. The van der Waals surface area contributed by atoms with Crippen LogP contribution in [0.1, 0.15) is 41.6 Å². The number of carbonyl (C=O) groups excluding carboxylic acids is 1. The van der Waals surface area contributed by atoms with Gasteiger partial charge in [0, 0.05) is 28.9 Å². The van der Waals surface area contributed by atoms with Crippen molar-refractivity contribution in [2.45, 2.75) is 37.8 Å². The summed E-state index contributed by atoms with van der Waals surface area (Å²) in [5.41, 5.74) is 16.3. The number of aliphatic hydroxyl groups excluding tert-OH is 1. The van der Waals surface area contributed by atoms with E-state index in [9.17, 15) is 9.90 Å². The van der Waals surface area contributed by atoms with Crippen molar-refractivity contribution in [3.05, 3.63) is 89.8 Å². The van der Waals surface area contributed by atoms with Crippen LogP contribution >= 0.6 is 0 Å². The van der Waals surface area contributed by atoms with Crippen LogP contribution in [-0.2, 0) is 12.0 Å². The predicted octanol–water partition coefficient (Wildman–Crippen LogP) is 4.00. The second-order valence-corrected chi connectivity index (χ2v) is 9.86. The number of amides is 1. The van der Waals surface area contributed by atoms with Crippen molar-refractivity contribution < 1.29 is 14.3 Å². The number of benzene rings is 3. The number of hydrogen-bond acceptors (Lipinski definition) is 7. The van der Waals surface area contributed by atoms with Gasteiger partial charge >= 0.3 is 0 Å². The first-order chi connectivity index (χ1) is 17.9. The minimum atomic E-state index is -0.878. The molecule has 8 nitrogen and oxygen atoms in total. The largest absolute Gasteiger partial charge is 0.419 e. The standard InChI is InChI=1S/C29H31N5O3/c1-29(31,17-19-8-3-2-4-9-19)28-33-32-26(37-28)21-14-20(24-11-5-6-12-25(24)30)15-22(16-21)27(36)34-13-7-10-23(34)18-35/h2-6,8-9,11-12,14-16,23,35H,7,10,13,17-18,30-31H2,1H3/t23?,29-/m1/s1. The lowest BCUT2D eigenvalue weighted by atomic mass is 9.94. The van der Waals surface area contributed by atoms with E-state index in [1.807, 2.05) is 73.7 Å². The second kappa shape index (κ2) is 10.2. The number of aromatic nitrogens is 2. The summed E-state index contributed by atoms with van der Waals surface area (Å²) in [6, 6.07) is 22.7. The van der Waals surface area contributed by atoms with Gasteiger partial charge in [-0.2, -0.15) is 0 Å². The summed E-state index contributed by atoms with van der Waals surface area (Å²) in [5, 5.41) is 18.3. The van der Waals surface area contributed by atoms with Gasteiger partial charge in [0.2, 0.25) is 11.8 Å². The molecular formula is C29H31N5O3. The number of nitrogens with two attached hydrogens (primary N) is 2. The number of nitrogen functional groups attached to an aromatic ring is 1. The molecule has 8 heteroatoms. The predicted molar refractivity (Wildman–Crippen MR) is 142 cm³/mol. The van der Waals surface area contributed by atoms with Crippen molar-refractivity contribution >= 4 is 11.6 Å². The van der Waals surface area contributed by atoms with Gasteiger partial charge in [0.05, 0.1) is 18.2 Å². The van der Waals surface area contributed by atoms with Gasteiger partial charge in [-0.3, -0.25) is 4.79 Å². The van der Waals surface area contributed by atoms with Crippen LogP contribution in [-0.4, -0.2) is 45.3 Å². The highest BCUT2D eigenvalue weighted by Crippen LogP contribution is 2.33. The molecule has 1 aliphatic rings. The Hall–Kier alpha value is -4.01. The fraction of sp³-hybridized carbons (Fsp3) is 0.276. The fourth-order valence-electron chi connectivity index (χ4n) is 4.91. The average molecular weight is 498 g/mol. The highest BCUT2D eigenvalue weighted by atomic mass is 16.4. The summed E-state index contributed by atoms with van der Waals surface area (Å²) < 4.78 is 6.09. The quantitative estimate of drug-likeness (QED) is 0.329. The minimum absolute atomic E-state index is 0.0621. The molecule has 0 radical (unpaired) electrons. The Morgan fingerprint density at radius 2 is 1.81 bits per heavy atom. The van der Waals surface area contributed by atoms with E-state index in [-0.39, 0.29) is 24.4 Å². The van der Waals surface area contributed by atoms with Gasteiger partial charge in [-0.1, -0.05) is 48.5 Å². The Morgan fingerprint density at radius 1 is 1.08 bits per heavy atom. The maximum atomic E-state index is 13.5.